The second-order valence-electron chi connectivity index (χ2n) is 4.90. The molecule has 0 bridgehead atoms. The van der Waals surface area contributed by atoms with Crippen molar-refractivity contribution in [3.63, 3.8) is 0 Å². The summed E-state index contributed by atoms with van der Waals surface area (Å²) >= 11 is 0. The van der Waals surface area contributed by atoms with Gasteiger partial charge in [0.05, 0.1) is 7.11 Å². The number of rotatable bonds is 7. The normalized spacial score (nSPS) is 12.2. The van der Waals surface area contributed by atoms with Crippen molar-refractivity contribution in [3.8, 4) is 11.5 Å². The third-order valence-corrected chi connectivity index (χ3v) is 2.95. The fourth-order valence-electron chi connectivity index (χ4n) is 1.96. The molecule has 2 rings (SSSR count). The first kappa shape index (κ1) is 15.3. The van der Waals surface area contributed by atoms with Crippen LogP contribution in [0.1, 0.15) is 31.2 Å². The van der Waals surface area contributed by atoms with Gasteiger partial charge >= 0.3 is 0 Å². The predicted octanol–water partition coefficient (Wildman–Crippen LogP) is 2.11. The van der Waals surface area contributed by atoms with Crippen LogP contribution in [0.25, 0.3) is 0 Å². The molecule has 0 amide bonds. The molecular formula is C15H21N3O3. The van der Waals surface area contributed by atoms with Crippen molar-refractivity contribution in [2.45, 2.75) is 39.3 Å². The number of hydrogen-bond acceptors (Lipinski definition) is 6. The molecule has 21 heavy (non-hydrogen) atoms. The molecule has 0 spiro atoms. The zero-order valence-corrected chi connectivity index (χ0v) is 12.6. The van der Waals surface area contributed by atoms with Crippen molar-refractivity contribution in [2.24, 2.45) is 5.73 Å². The van der Waals surface area contributed by atoms with Crippen LogP contribution in [0.5, 0.6) is 11.5 Å². The number of nitrogens with two attached hydrogens (primary N) is 1. The Morgan fingerprint density at radius 2 is 2.00 bits per heavy atom. The SMILES string of the molecule is CCc1nnc(COc2cc(CC(C)N)ccc2OC)o1. The fraction of sp³-hybridized carbons (Fsp3) is 0.467. The molecule has 6 nitrogen and oxygen atoms in total. The van der Waals surface area contributed by atoms with Gasteiger partial charge in [-0.15, -0.1) is 10.2 Å². The van der Waals surface area contributed by atoms with Gasteiger partial charge in [-0.3, -0.25) is 0 Å². The maximum Gasteiger partial charge on any atom is 0.253 e. The summed E-state index contributed by atoms with van der Waals surface area (Å²) in [7, 11) is 1.61. The number of aromatic nitrogens is 2. The molecule has 1 aromatic heterocycles. The van der Waals surface area contributed by atoms with Crippen molar-refractivity contribution in [1.82, 2.24) is 10.2 Å². The van der Waals surface area contributed by atoms with E-state index in [0.29, 0.717) is 29.7 Å². The van der Waals surface area contributed by atoms with Crippen molar-refractivity contribution in [3.05, 3.63) is 35.5 Å². The minimum Gasteiger partial charge on any atom is -0.493 e. The Balaban J connectivity index is 2.09. The topological polar surface area (TPSA) is 83.4 Å². The molecule has 0 saturated heterocycles. The van der Waals surface area contributed by atoms with Gasteiger partial charge in [0.15, 0.2) is 18.1 Å². The number of nitrogens with zero attached hydrogens (tertiary/aromatic N) is 2. The predicted molar refractivity (Wildman–Crippen MR) is 78.4 cm³/mol. The van der Waals surface area contributed by atoms with Gasteiger partial charge in [0.1, 0.15) is 0 Å². The van der Waals surface area contributed by atoms with E-state index >= 15 is 0 Å². The van der Waals surface area contributed by atoms with Gasteiger partial charge in [0.25, 0.3) is 5.89 Å². The minimum atomic E-state index is 0.0919. The first-order valence-corrected chi connectivity index (χ1v) is 6.99. The molecule has 0 aliphatic carbocycles. The van der Waals surface area contributed by atoms with E-state index in [1.165, 1.54) is 0 Å². The number of methoxy groups -OCH3 is 1. The molecule has 1 aromatic carbocycles. The van der Waals surface area contributed by atoms with Gasteiger partial charge in [-0.2, -0.15) is 0 Å². The van der Waals surface area contributed by atoms with Crippen LogP contribution in [0.3, 0.4) is 0 Å². The average molecular weight is 291 g/mol. The summed E-state index contributed by atoms with van der Waals surface area (Å²) in [4.78, 5) is 0. The summed E-state index contributed by atoms with van der Waals surface area (Å²) in [5, 5.41) is 7.83. The van der Waals surface area contributed by atoms with E-state index in [2.05, 4.69) is 10.2 Å². The Bertz CT molecular complexity index is 581. The van der Waals surface area contributed by atoms with E-state index in [4.69, 9.17) is 19.6 Å². The highest BCUT2D eigenvalue weighted by molar-refractivity contribution is 5.43. The second-order valence-corrected chi connectivity index (χ2v) is 4.90. The Morgan fingerprint density at radius 1 is 1.24 bits per heavy atom. The largest absolute Gasteiger partial charge is 0.493 e. The van der Waals surface area contributed by atoms with E-state index in [9.17, 15) is 0 Å². The molecule has 1 heterocycles. The zero-order valence-electron chi connectivity index (χ0n) is 12.6. The number of ether oxygens (including phenoxy) is 2. The molecule has 2 N–H and O–H groups in total. The first-order chi connectivity index (χ1) is 10.1. The van der Waals surface area contributed by atoms with Crippen LogP contribution in [0.2, 0.25) is 0 Å². The summed E-state index contributed by atoms with van der Waals surface area (Å²) in [5.41, 5.74) is 6.92. The summed E-state index contributed by atoms with van der Waals surface area (Å²) in [6.07, 6.45) is 1.49. The van der Waals surface area contributed by atoms with Gasteiger partial charge in [-0.25, -0.2) is 0 Å². The van der Waals surface area contributed by atoms with Crippen molar-refractivity contribution in [1.29, 1.82) is 0 Å². The minimum absolute atomic E-state index is 0.0919. The molecule has 0 fully saturated rings. The highest BCUT2D eigenvalue weighted by Crippen LogP contribution is 2.29. The smallest absolute Gasteiger partial charge is 0.253 e. The van der Waals surface area contributed by atoms with Gasteiger partial charge in [-0.05, 0) is 31.0 Å². The molecule has 2 aromatic rings. The maximum atomic E-state index is 5.82. The monoisotopic (exact) mass is 291 g/mol. The lowest BCUT2D eigenvalue weighted by atomic mass is 10.1. The van der Waals surface area contributed by atoms with E-state index in [1.807, 2.05) is 32.0 Å². The first-order valence-electron chi connectivity index (χ1n) is 6.99. The zero-order chi connectivity index (χ0) is 15.2. The Labute approximate surface area is 124 Å². The van der Waals surface area contributed by atoms with Crippen LogP contribution in [-0.2, 0) is 19.4 Å². The molecule has 0 aliphatic heterocycles. The van der Waals surface area contributed by atoms with Crippen LogP contribution in [-0.4, -0.2) is 23.3 Å². The highest BCUT2D eigenvalue weighted by atomic mass is 16.5. The number of aryl methyl sites for hydroxylation is 1. The van der Waals surface area contributed by atoms with Gasteiger partial charge < -0.3 is 19.6 Å². The maximum absolute atomic E-state index is 5.82. The third-order valence-electron chi connectivity index (χ3n) is 2.95. The summed E-state index contributed by atoms with van der Waals surface area (Å²) < 4.78 is 16.4. The Kier molecular flexibility index (Phi) is 5.16. The molecule has 0 aliphatic rings. The molecule has 1 unspecified atom stereocenters. The molecule has 114 valence electrons. The molecule has 0 radical (unpaired) electrons. The number of hydrogen-bond donors (Lipinski definition) is 1. The molecular weight excluding hydrogens is 270 g/mol. The second kappa shape index (κ2) is 7.08. The van der Waals surface area contributed by atoms with Gasteiger partial charge in [0, 0.05) is 12.5 Å². The Morgan fingerprint density at radius 3 is 2.62 bits per heavy atom. The van der Waals surface area contributed by atoms with E-state index < -0.39 is 0 Å². The lowest BCUT2D eigenvalue weighted by Gasteiger charge is -2.12. The van der Waals surface area contributed by atoms with Crippen molar-refractivity contribution in [2.75, 3.05) is 7.11 Å². The number of benzene rings is 1. The summed E-state index contributed by atoms with van der Waals surface area (Å²) in [6.45, 7) is 4.14. The van der Waals surface area contributed by atoms with Crippen LogP contribution >= 0.6 is 0 Å². The lowest BCUT2D eigenvalue weighted by Crippen LogP contribution is -2.17. The average Bonchev–Trinajstić information content (AvgIpc) is 2.92. The molecule has 0 saturated carbocycles. The van der Waals surface area contributed by atoms with Crippen molar-refractivity contribution >= 4 is 0 Å². The summed E-state index contributed by atoms with van der Waals surface area (Å²) in [6, 6.07) is 5.88. The standard InChI is InChI=1S/C15H21N3O3/c1-4-14-17-18-15(21-14)9-20-13-8-11(7-10(2)16)5-6-12(13)19-3/h5-6,8,10H,4,7,9,16H2,1-3H3. The third kappa shape index (κ3) is 4.19. The van der Waals surface area contributed by atoms with Crippen LogP contribution in [0.15, 0.2) is 22.6 Å². The van der Waals surface area contributed by atoms with Crippen LogP contribution in [0, 0.1) is 0 Å². The molecule has 1 atom stereocenters. The Hall–Kier alpha value is -2.08. The lowest BCUT2D eigenvalue weighted by molar-refractivity contribution is 0.246. The van der Waals surface area contributed by atoms with Crippen LogP contribution < -0.4 is 15.2 Å². The van der Waals surface area contributed by atoms with Gasteiger partial charge in [0.2, 0.25) is 5.89 Å². The van der Waals surface area contributed by atoms with E-state index in [0.717, 1.165) is 12.0 Å². The summed E-state index contributed by atoms with van der Waals surface area (Å²) in [5.74, 6) is 2.36. The van der Waals surface area contributed by atoms with Crippen molar-refractivity contribution < 1.29 is 13.9 Å². The van der Waals surface area contributed by atoms with Crippen LogP contribution in [0.4, 0.5) is 0 Å². The van der Waals surface area contributed by atoms with E-state index in [-0.39, 0.29) is 12.6 Å². The van der Waals surface area contributed by atoms with E-state index in [1.54, 1.807) is 7.11 Å². The quantitative estimate of drug-likeness (QED) is 0.841. The molecule has 6 heteroatoms. The fourth-order valence-corrected chi connectivity index (χ4v) is 1.96. The highest BCUT2D eigenvalue weighted by Gasteiger charge is 2.10. The van der Waals surface area contributed by atoms with Gasteiger partial charge in [-0.1, -0.05) is 13.0 Å².